The zero-order valence-corrected chi connectivity index (χ0v) is 16.3. The van der Waals surface area contributed by atoms with Crippen LogP contribution in [0.5, 0.6) is 0 Å². The molecule has 3 aliphatic heterocycles. The Balaban J connectivity index is 1.54. The number of hydrogen-bond acceptors (Lipinski definition) is 5. The molecule has 0 radical (unpaired) electrons. The molecule has 146 valence electrons. The number of esters is 1. The molecule has 3 rings (SSSR count). The van der Waals surface area contributed by atoms with Crippen molar-refractivity contribution in [1.82, 2.24) is 15.1 Å². The van der Waals surface area contributed by atoms with E-state index in [0.29, 0.717) is 30.5 Å². The Hall–Kier alpha value is -1.40. The van der Waals surface area contributed by atoms with E-state index in [0.717, 1.165) is 32.6 Å². The van der Waals surface area contributed by atoms with Crippen molar-refractivity contribution in [2.45, 2.75) is 58.0 Å². The monoisotopic (exact) mass is 363 g/mol. The highest BCUT2D eigenvalue weighted by molar-refractivity contribution is 6.07. The molecule has 0 saturated carbocycles. The number of nitrogens with zero attached hydrogens (tertiary/aromatic N) is 2. The number of piperidine rings is 2. The summed E-state index contributed by atoms with van der Waals surface area (Å²) in [5.74, 6) is -0.439. The summed E-state index contributed by atoms with van der Waals surface area (Å²) in [5, 5.41) is 3.04. The number of carbonyl (C=O) groups excluding carboxylic acids is 2. The van der Waals surface area contributed by atoms with Crippen molar-refractivity contribution in [1.29, 1.82) is 0 Å². The first-order chi connectivity index (χ1) is 12.6. The number of carbonyl (C=O) groups is 2. The van der Waals surface area contributed by atoms with E-state index in [-0.39, 0.29) is 11.9 Å². The van der Waals surface area contributed by atoms with Gasteiger partial charge in [0.05, 0.1) is 5.57 Å². The molecule has 3 heterocycles. The van der Waals surface area contributed by atoms with Crippen molar-refractivity contribution < 1.29 is 14.3 Å². The summed E-state index contributed by atoms with van der Waals surface area (Å²) in [6, 6.07) is 0. The van der Waals surface area contributed by atoms with E-state index in [4.69, 9.17) is 4.74 Å². The maximum atomic E-state index is 12.8. The standard InChI is InChI=1S/C20H33N3O3/c1-3-22-14-8-20(9-15-22)17(16(2)19(25)26-20)18(24)21-10-7-13-23-11-5-4-6-12-23/h3-15H2,1-2H3,(H,21,24). The Morgan fingerprint density at radius 2 is 1.81 bits per heavy atom. The Morgan fingerprint density at radius 3 is 2.46 bits per heavy atom. The van der Waals surface area contributed by atoms with Crippen LogP contribution >= 0.6 is 0 Å². The molecule has 0 aromatic heterocycles. The number of rotatable bonds is 6. The number of ether oxygens (including phenoxy) is 1. The van der Waals surface area contributed by atoms with Gasteiger partial charge in [-0.05, 0) is 52.4 Å². The van der Waals surface area contributed by atoms with E-state index in [1.54, 1.807) is 6.92 Å². The van der Waals surface area contributed by atoms with Crippen LogP contribution in [0.4, 0.5) is 0 Å². The van der Waals surface area contributed by atoms with Gasteiger partial charge in [-0.3, -0.25) is 4.79 Å². The molecule has 6 nitrogen and oxygen atoms in total. The molecule has 1 amide bonds. The third kappa shape index (κ3) is 4.12. The molecule has 3 aliphatic rings. The first kappa shape index (κ1) is 19.4. The highest BCUT2D eigenvalue weighted by Crippen LogP contribution is 2.40. The van der Waals surface area contributed by atoms with Gasteiger partial charge in [0.2, 0.25) is 0 Å². The van der Waals surface area contributed by atoms with Gasteiger partial charge in [-0.15, -0.1) is 0 Å². The van der Waals surface area contributed by atoms with Crippen LogP contribution in [-0.2, 0) is 14.3 Å². The van der Waals surface area contributed by atoms with Crippen LogP contribution in [0.25, 0.3) is 0 Å². The summed E-state index contributed by atoms with van der Waals surface area (Å²) < 4.78 is 5.72. The summed E-state index contributed by atoms with van der Waals surface area (Å²) >= 11 is 0. The van der Waals surface area contributed by atoms with Gasteiger partial charge < -0.3 is 19.9 Å². The molecule has 1 spiro atoms. The van der Waals surface area contributed by atoms with Crippen molar-refractivity contribution in [3.8, 4) is 0 Å². The van der Waals surface area contributed by atoms with Gasteiger partial charge in [-0.1, -0.05) is 13.3 Å². The van der Waals surface area contributed by atoms with Crippen LogP contribution in [0.3, 0.4) is 0 Å². The molecule has 2 fully saturated rings. The highest BCUT2D eigenvalue weighted by Gasteiger charge is 2.50. The van der Waals surface area contributed by atoms with Crippen LogP contribution in [0.15, 0.2) is 11.1 Å². The normalized spacial score (nSPS) is 24.2. The van der Waals surface area contributed by atoms with Crippen LogP contribution in [0.2, 0.25) is 0 Å². The van der Waals surface area contributed by atoms with Crippen molar-refractivity contribution in [3.05, 3.63) is 11.1 Å². The maximum absolute atomic E-state index is 12.8. The fraction of sp³-hybridized carbons (Fsp3) is 0.800. The summed E-state index contributed by atoms with van der Waals surface area (Å²) in [7, 11) is 0. The molecule has 26 heavy (non-hydrogen) atoms. The van der Waals surface area contributed by atoms with E-state index in [1.807, 2.05) is 0 Å². The largest absolute Gasteiger partial charge is 0.450 e. The molecule has 0 atom stereocenters. The number of nitrogens with one attached hydrogen (secondary N) is 1. The summed E-state index contributed by atoms with van der Waals surface area (Å²) in [6.07, 6.45) is 6.28. The maximum Gasteiger partial charge on any atom is 0.335 e. The lowest BCUT2D eigenvalue weighted by Gasteiger charge is -2.39. The van der Waals surface area contributed by atoms with Gasteiger partial charge >= 0.3 is 5.97 Å². The minimum atomic E-state index is -0.705. The Kier molecular flexibility index (Phi) is 6.35. The average molecular weight is 364 g/mol. The van der Waals surface area contributed by atoms with E-state index >= 15 is 0 Å². The Labute approximate surface area is 156 Å². The first-order valence-electron chi connectivity index (χ1n) is 10.2. The zero-order chi connectivity index (χ0) is 18.6. The lowest BCUT2D eigenvalue weighted by molar-refractivity contribution is -0.150. The molecule has 0 aromatic rings. The van der Waals surface area contributed by atoms with E-state index in [2.05, 4.69) is 22.0 Å². The molecule has 0 unspecified atom stereocenters. The third-order valence-electron chi connectivity index (χ3n) is 6.15. The average Bonchev–Trinajstić information content (AvgIpc) is 2.90. The van der Waals surface area contributed by atoms with Crippen LogP contribution in [-0.4, -0.2) is 73.1 Å². The van der Waals surface area contributed by atoms with Gasteiger partial charge in [0.1, 0.15) is 5.60 Å². The van der Waals surface area contributed by atoms with Crippen molar-refractivity contribution >= 4 is 11.9 Å². The second-order valence-corrected chi connectivity index (χ2v) is 7.83. The predicted molar refractivity (Wildman–Crippen MR) is 101 cm³/mol. The van der Waals surface area contributed by atoms with Crippen molar-refractivity contribution in [3.63, 3.8) is 0 Å². The third-order valence-corrected chi connectivity index (χ3v) is 6.15. The smallest absolute Gasteiger partial charge is 0.335 e. The van der Waals surface area contributed by atoms with Crippen molar-refractivity contribution in [2.24, 2.45) is 0 Å². The van der Waals surface area contributed by atoms with Crippen LogP contribution in [0.1, 0.15) is 52.4 Å². The topological polar surface area (TPSA) is 61.9 Å². The van der Waals surface area contributed by atoms with Gasteiger partial charge in [0, 0.05) is 38.0 Å². The van der Waals surface area contributed by atoms with Crippen molar-refractivity contribution in [2.75, 3.05) is 45.8 Å². The molecule has 6 heteroatoms. The second-order valence-electron chi connectivity index (χ2n) is 7.83. The number of amides is 1. The Morgan fingerprint density at radius 1 is 1.12 bits per heavy atom. The SMILES string of the molecule is CCN1CCC2(CC1)OC(=O)C(C)=C2C(=O)NCCCN1CCCCC1. The molecule has 1 N–H and O–H groups in total. The van der Waals surface area contributed by atoms with E-state index in [9.17, 15) is 9.59 Å². The van der Waals surface area contributed by atoms with Gasteiger partial charge in [-0.2, -0.15) is 0 Å². The van der Waals surface area contributed by atoms with Gasteiger partial charge in [0.25, 0.3) is 5.91 Å². The molecular weight excluding hydrogens is 330 g/mol. The second kappa shape index (κ2) is 8.53. The summed E-state index contributed by atoms with van der Waals surface area (Å²) in [4.78, 5) is 29.8. The lowest BCUT2D eigenvalue weighted by atomic mass is 9.82. The quantitative estimate of drug-likeness (QED) is 0.575. The summed E-state index contributed by atoms with van der Waals surface area (Å²) in [6.45, 7) is 10.6. The van der Waals surface area contributed by atoms with Gasteiger partial charge in [-0.25, -0.2) is 4.79 Å². The van der Waals surface area contributed by atoms with E-state index in [1.165, 1.54) is 32.4 Å². The fourth-order valence-corrected chi connectivity index (χ4v) is 4.48. The number of likely N-dealkylation sites (tertiary alicyclic amines) is 2. The molecule has 0 aliphatic carbocycles. The minimum absolute atomic E-state index is 0.114. The van der Waals surface area contributed by atoms with E-state index < -0.39 is 5.60 Å². The summed E-state index contributed by atoms with van der Waals surface area (Å²) in [5.41, 5.74) is 0.365. The van der Waals surface area contributed by atoms with Crippen LogP contribution < -0.4 is 5.32 Å². The molecule has 0 bridgehead atoms. The van der Waals surface area contributed by atoms with Gasteiger partial charge in [0.15, 0.2) is 0 Å². The molecular formula is C20H33N3O3. The highest BCUT2D eigenvalue weighted by atomic mass is 16.6. The predicted octanol–water partition coefficient (Wildman–Crippen LogP) is 1.71. The molecule has 2 saturated heterocycles. The van der Waals surface area contributed by atoms with Crippen LogP contribution in [0, 0.1) is 0 Å². The lowest BCUT2D eigenvalue weighted by Crippen LogP contribution is -2.48. The number of hydrogen-bond donors (Lipinski definition) is 1. The minimum Gasteiger partial charge on any atom is -0.450 e. The zero-order valence-electron chi connectivity index (χ0n) is 16.3. The first-order valence-corrected chi connectivity index (χ1v) is 10.2. The fourth-order valence-electron chi connectivity index (χ4n) is 4.48. The Bertz CT molecular complexity index is 559. The molecule has 0 aromatic carbocycles.